The normalized spacial score (nSPS) is 11.6. The minimum Gasteiger partial charge on any atom is -0.447 e. The highest BCUT2D eigenvalue weighted by atomic mass is 35.5. The van der Waals surface area contributed by atoms with Gasteiger partial charge in [-0.15, -0.1) is 0 Å². The van der Waals surface area contributed by atoms with Gasteiger partial charge < -0.3 is 10.1 Å². The summed E-state index contributed by atoms with van der Waals surface area (Å²) >= 11 is 5.95. The van der Waals surface area contributed by atoms with E-state index in [1.54, 1.807) is 30.3 Å². The molecule has 29 heavy (non-hydrogen) atoms. The maximum atomic E-state index is 13.9. The Balaban J connectivity index is 1.79. The second kappa shape index (κ2) is 9.30. The van der Waals surface area contributed by atoms with E-state index in [-0.39, 0.29) is 10.6 Å². The van der Waals surface area contributed by atoms with Crippen LogP contribution >= 0.6 is 11.6 Å². The third-order valence-electron chi connectivity index (χ3n) is 4.08. The Kier molecular flexibility index (Phi) is 6.57. The molecule has 3 rings (SSSR count). The molecule has 0 bridgehead atoms. The zero-order valence-corrected chi connectivity index (χ0v) is 15.8. The van der Waals surface area contributed by atoms with Gasteiger partial charge in [-0.3, -0.25) is 9.59 Å². The van der Waals surface area contributed by atoms with Gasteiger partial charge in [0.2, 0.25) is 6.10 Å². The van der Waals surface area contributed by atoms with Gasteiger partial charge >= 0.3 is 5.97 Å². The number of halogens is 3. The van der Waals surface area contributed by atoms with Gasteiger partial charge in [-0.2, -0.15) is 0 Å². The lowest BCUT2D eigenvalue weighted by Crippen LogP contribution is -2.26. The molecule has 0 aliphatic rings. The molecule has 1 atom stereocenters. The number of hydrogen-bond acceptors (Lipinski definition) is 3. The second-order valence-corrected chi connectivity index (χ2v) is 6.56. The fourth-order valence-electron chi connectivity index (χ4n) is 2.66. The molecule has 7 heteroatoms. The van der Waals surface area contributed by atoms with Crippen molar-refractivity contribution in [2.24, 2.45) is 0 Å². The summed E-state index contributed by atoms with van der Waals surface area (Å²) in [6.45, 7) is 0. The maximum absolute atomic E-state index is 13.9. The Morgan fingerprint density at radius 2 is 1.62 bits per heavy atom. The standard InChI is InChI=1S/C22H16ClF2NO3/c23-18-7-4-8-19(25)17(18)13-20(27)29-21(14-5-2-1-3-6-14)22(28)26-16-11-9-15(24)10-12-16/h1-12,21H,13H2,(H,26,28)/t21-/m1/s1. The zero-order chi connectivity index (χ0) is 20.8. The van der Waals surface area contributed by atoms with E-state index in [1.807, 2.05) is 0 Å². The van der Waals surface area contributed by atoms with Crippen molar-refractivity contribution in [1.82, 2.24) is 0 Å². The van der Waals surface area contributed by atoms with Gasteiger partial charge in [-0.05, 0) is 36.4 Å². The second-order valence-electron chi connectivity index (χ2n) is 6.15. The number of anilines is 1. The van der Waals surface area contributed by atoms with Crippen molar-refractivity contribution in [2.75, 3.05) is 5.32 Å². The molecule has 0 fully saturated rings. The third-order valence-corrected chi connectivity index (χ3v) is 4.44. The molecule has 0 saturated carbocycles. The van der Waals surface area contributed by atoms with E-state index < -0.39 is 36.0 Å². The molecular formula is C22H16ClF2NO3. The largest absolute Gasteiger partial charge is 0.447 e. The van der Waals surface area contributed by atoms with Crippen LogP contribution in [0.4, 0.5) is 14.5 Å². The Labute approximate surface area is 171 Å². The summed E-state index contributed by atoms with van der Waals surface area (Å²) in [5.74, 6) is -2.53. The topological polar surface area (TPSA) is 55.4 Å². The van der Waals surface area contributed by atoms with Crippen LogP contribution in [0, 0.1) is 11.6 Å². The molecular weight excluding hydrogens is 400 g/mol. The van der Waals surface area contributed by atoms with E-state index in [9.17, 15) is 18.4 Å². The van der Waals surface area contributed by atoms with Crippen molar-refractivity contribution >= 4 is 29.2 Å². The van der Waals surface area contributed by atoms with Gasteiger partial charge in [0.1, 0.15) is 11.6 Å². The summed E-state index contributed by atoms with van der Waals surface area (Å²) in [5, 5.41) is 2.67. The van der Waals surface area contributed by atoms with Crippen LogP contribution in [-0.4, -0.2) is 11.9 Å². The summed E-state index contributed by atoms with van der Waals surface area (Å²) < 4.78 is 32.4. The van der Waals surface area contributed by atoms with E-state index in [1.165, 1.54) is 42.5 Å². The van der Waals surface area contributed by atoms with Crippen LogP contribution in [0.5, 0.6) is 0 Å². The van der Waals surface area contributed by atoms with E-state index >= 15 is 0 Å². The fraction of sp³-hybridized carbons (Fsp3) is 0.0909. The molecule has 0 radical (unpaired) electrons. The monoisotopic (exact) mass is 415 g/mol. The molecule has 4 nitrogen and oxygen atoms in total. The van der Waals surface area contributed by atoms with E-state index in [4.69, 9.17) is 16.3 Å². The maximum Gasteiger partial charge on any atom is 0.311 e. The summed E-state index contributed by atoms with van der Waals surface area (Å²) in [5.41, 5.74) is 0.760. The van der Waals surface area contributed by atoms with Gasteiger partial charge in [-0.25, -0.2) is 8.78 Å². The first-order chi connectivity index (χ1) is 13.9. The Hall–Kier alpha value is -3.25. The molecule has 148 valence electrons. The zero-order valence-electron chi connectivity index (χ0n) is 15.1. The van der Waals surface area contributed by atoms with Crippen LogP contribution in [0.25, 0.3) is 0 Å². The smallest absolute Gasteiger partial charge is 0.311 e. The summed E-state index contributed by atoms with van der Waals surface area (Å²) in [6, 6.07) is 17.6. The first-order valence-electron chi connectivity index (χ1n) is 8.68. The molecule has 0 spiro atoms. The van der Waals surface area contributed by atoms with Crippen LogP contribution in [0.3, 0.4) is 0 Å². The quantitative estimate of drug-likeness (QED) is 0.571. The van der Waals surface area contributed by atoms with Gasteiger partial charge in [-0.1, -0.05) is 48.0 Å². The Morgan fingerprint density at radius 3 is 2.28 bits per heavy atom. The lowest BCUT2D eigenvalue weighted by atomic mass is 10.1. The summed E-state index contributed by atoms with van der Waals surface area (Å²) in [4.78, 5) is 25.2. The molecule has 3 aromatic rings. The Bertz CT molecular complexity index is 990. The summed E-state index contributed by atoms with van der Waals surface area (Å²) in [7, 11) is 0. The first-order valence-corrected chi connectivity index (χ1v) is 9.05. The minimum absolute atomic E-state index is 0.00933. The molecule has 0 aromatic heterocycles. The number of benzene rings is 3. The highest BCUT2D eigenvalue weighted by Gasteiger charge is 2.26. The van der Waals surface area contributed by atoms with Crippen molar-refractivity contribution in [3.8, 4) is 0 Å². The number of esters is 1. The molecule has 0 unspecified atom stereocenters. The van der Waals surface area contributed by atoms with Gasteiger partial charge in [0.15, 0.2) is 0 Å². The van der Waals surface area contributed by atoms with E-state index in [0.717, 1.165) is 0 Å². The van der Waals surface area contributed by atoms with Gasteiger partial charge in [0.25, 0.3) is 5.91 Å². The van der Waals surface area contributed by atoms with Crippen molar-refractivity contribution in [3.05, 3.63) is 101 Å². The van der Waals surface area contributed by atoms with Crippen LogP contribution < -0.4 is 5.32 Å². The van der Waals surface area contributed by atoms with E-state index in [0.29, 0.717) is 11.3 Å². The predicted octanol–water partition coefficient (Wildman–Crippen LogP) is 5.08. The fourth-order valence-corrected chi connectivity index (χ4v) is 2.89. The third kappa shape index (κ3) is 5.39. The highest BCUT2D eigenvalue weighted by molar-refractivity contribution is 6.31. The Morgan fingerprint density at radius 1 is 0.931 bits per heavy atom. The average molecular weight is 416 g/mol. The lowest BCUT2D eigenvalue weighted by Gasteiger charge is -2.18. The lowest BCUT2D eigenvalue weighted by molar-refractivity contribution is -0.154. The number of amides is 1. The molecule has 1 amide bonds. The number of nitrogens with one attached hydrogen (secondary N) is 1. The van der Waals surface area contributed by atoms with Crippen LogP contribution in [0.15, 0.2) is 72.8 Å². The number of ether oxygens (including phenoxy) is 1. The van der Waals surface area contributed by atoms with Crippen molar-refractivity contribution in [3.63, 3.8) is 0 Å². The number of carbonyl (C=O) groups excluding carboxylic acids is 2. The molecule has 0 saturated heterocycles. The minimum atomic E-state index is -1.28. The number of carbonyl (C=O) groups is 2. The van der Waals surface area contributed by atoms with Crippen molar-refractivity contribution in [2.45, 2.75) is 12.5 Å². The van der Waals surface area contributed by atoms with Gasteiger partial charge in [0.05, 0.1) is 6.42 Å². The highest BCUT2D eigenvalue weighted by Crippen LogP contribution is 2.24. The van der Waals surface area contributed by atoms with Crippen molar-refractivity contribution in [1.29, 1.82) is 0 Å². The molecule has 0 heterocycles. The SMILES string of the molecule is O=C(Cc1c(F)cccc1Cl)O[C@@H](C(=O)Nc1ccc(F)cc1)c1ccccc1. The summed E-state index contributed by atoms with van der Waals surface area (Å²) in [6.07, 6.45) is -1.71. The van der Waals surface area contributed by atoms with Crippen molar-refractivity contribution < 1.29 is 23.1 Å². The van der Waals surface area contributed by atoms with E-state index in [2.05, 4.69) is 5.32 Å². The molecule has 1 N–H and O–H groups in total. The van der Waals surface area contributed by atoms with Crippen LogP contribution in [0.1, 0.15) is 17.2 Å². The average Bonchev–Trinajstić information content (AvgIpc) is 2.71. The first kappa shape index (κ1) is 20.5. The number of hydrogen-bond donors (Lipinski definition) is 1. The molecule has 0 aliphatic carbocycles. The van der Waals surface area contributed by atoms with Crippen LogP contribution in [-0.2, 0) is 20.7 Å². The van der Waals surface area contributed by atoms with Crippen LogP contribution in [0.2, 0.25) is 5.02 Å². The predicted molar refractivity (Wildman–Crippen MR) is 105 cm³/mol. The van der Waals surface area contributed by atoms with Gasteiger partial charge in [0, 0.05) is 21.8 Å². The molecule has 3 aromatic carbocycles. The molecule has 0 aliphatic heterocycles. The number of rotatable bonds is 6.